The molecular formula is C19H33N3O2. The Bertz CT molecular complexity index is 459. The summed E-state index contributed by atoms with van der Waals surface area (Å²) in [6.07, 6.45) is 7.62. The van der Waals surface area contributed by atoms with Crippen molar-refractivity contribution in [3.8, 4) is 0 Å². The molecule has 24 heavy (non-hydrogen) atoms. The van der Waals surface area contributed by atoms with Crippen molar-refractivity contribution in [3.63, 3.8) is 0 Å². The molecule has 0 unspecified atom stereocenters. The molecule has 0 spiro atoms. The van der Waals surface area contributed by atoms with Crippen LogP contribution in [0.5, 0.6) is 0 Å². The third kappa shape index (κ3) is 4.29. The molecule has 5 nitrogen and oxygen atoms in total. The standard InChI is InChI=1S/C19H33N3O2/c1-19(2,22-10-4-3-5-11-22)14-20-17(23)15-8-12-21(13-9-15)18(24)16-6-7-16/h15-16H,3-14H2,1-2H3,(H,20,23). The number of hydrogen-bond acceptors (Lipinski definition) is 3. The van der Waals surface area contributed by atoms with Crippen LogP contribution in [0, 0.1) is 11.8 Å². The molecule has 2 amide bonds. The van der Waals surface area contributed by atoms with E-state index < -0.39 is 0 Å². The first-order valence-electron chi connectivity index (χ1n) is 9.79. The van der Waals surface area contributed by atoms with Crippen LogP contribution < -0.4 is 5.32 Å². The molecule has 0 aromatic rings. The topological polar surface area (TPSA) is 52.7 Å². The van der Waals surface area contributed by atoms with Gasteiger partial charge in [-0.2, -0.15) is 0 Å². The first-order chi connectivity index (χ1) is 11.5. The van der Waals surface area contributed by atoms with E-state index in [0.717, 1.165) is 51.9 Å². The van der Waals surface area contributed by atoms with E-state index in [-0.39, 0.29) is 17.4 Å². The van der Waals surface area contributed by atoms with Crippen LogP contribution in [0.15, 0.2) is 0 Å². The molecule has 2 heterocycles. The predicted octanol–water partition coefficient (Wildman–Crippen LogP) is 2.02. The number of carbonyl (C=O) groups is 2. The summed E-state index contributed by atoms with van der Waals surface area (Å²) >= 11 is 0. The largest absolute Gasteiger partial charge is 0.354 e. The van der Waals surface area contributed by atoms with Gasteiger partial charge in [0.15, 0.2) is 0 Å². The van der Waals surface area contributed by atoms with E-state index in [0.29, 0.717) is 18.4 Å². The SMILES string of the molecule is CC(C)(CNC(=O)C1CCN(C(=O)C2CC2)CC1)N1CCCCC1. The monoisotopic (exact) mass is 335 g/mol. The Labute approximate surface area is 146 Å². The van der Waals surface area contributed by atoms with E-state index in [1.165, 1.54) is 19.3 Å². The van der Waals surface area contributed by atoms with Crippen LogP contribution in [0.3, 0.4) is 0 Å². The van der Waals surface area contributed by atoms with Gasteiger partial charge in [-0.15, -0.1) is 0 Å². The van der Waals surface area contributed by atoms with Crippen LogP contribution in [0.1, 0.15) is 58.8 Å². The van der Waals surface area contributed by atoms with Gasteiger partial charge in [-0.3, -0.25) is 14.5 Å². The number of carbonyl (C=O) groups excluding carboxylic acids is 2. The molecule has 1 saturated carbocycles. The minimum atomic E-state index is 0.0265. The molecule has 0 radical (unpaired) electrons. The highest BCUT2D eigenvalue weighted by Crippen LogP contribution is 2.32. The zero-order valence-corrected chi connectivity index (χ0v) is 15.4. The maximum Gasteiger partial charge on any atom is 0.225 e. The maximum absolute atomic E-state index is 12.5. The van der Waals surface area contributed by atoms with Gasteiger partial charge < -0.3 is 10.2 Å². The van der Waals surface area contributed by atoms with Crippen LogP contribution in [0.2, 0.25) is 0 Å². The summed E-state index contributed by atoms with van der Waals surface area (Å²) in [5.74, 6) is 0.866. The molecule has 3 fully saturated rings. The smallest absolute Gasteiger partial charge is 0.225 e. The fourth-order valence-electron chi connectivity index (χ4n) is 4.01. The van der Waals surface area contributed by atoms with E-state index in [9.17, 15) is 9.59 Å². The summed E-state index contributed by atoms with van der Waals surface area (Å²) in [6, 6.07) is 0. The second-order valence-corrected chi connectivity index (χ2v) is 8.45. The fourth-order valence-corrected chi connectivity index (χ4v) is 4.01. The quantitative estimate of drug-likeness (QED) is 0.836. The summed E-state index contributed by atoms with van der Waals surface area (Å²) in [6.45, 7) is 8.97. The summed E-state index contributed by atoms with van der Waals surface area (Å²) in [7, 11) is 0. The van der Waals surface area contributed by atoms with Crippen LogP contribution >= 0.6 is 0 Å². The minimum absolute atomic E-state index is 0.0265. The lowest BCUT2D eigenvalue weighted by molar-refractivity contribution is -0.136. The molecule has 2 aliphatic heterocycles. The second-order valence-electron chi connectivity index (χ2n) is 8.45. The Kier molecular flexibility index (Phi) is 5.48. The van der Waals surface area contributed by atoms with Gasteiger partial charge in [-0.05, 0) is 65.5 Å². The molecule has 5 heteroatoms. The first-order valence-corrected chi connectivity index (χ1v) is 9.79. The molecule has 0 aromatic carbocycles. The van der Waals surface area contributed by atoms with E-state index >= 15 is 0 Å². The van der Waals surface area contributed by atoms with Gasteiger partial charge in [0.1, 0.15) is 0 Å². The summed E-state index contributed by atoms with van der Waals surface area (Å²) in [5, 5.41) is 3.19. The van der Waals surface area contributed by atoms with Crippen molar-refractivity contribution in [3.05, 3.63) is 0 Å². The van der Waals surface area contributed by atoms with Gasteiger partial charge in [-0.25, -0.2) is 0 Å². The van der Waals surface area contributed by atoms with Crippen LogP contribution in [-0.2, 0) is 9.59 Å². The van der Waals surface area contributed by atoms with E-state index in [2.05, 4.69) is 24.1 Å². The van der Waals surface area contributed by atoms with Crippen molar-refractivity contribution in [2.75, 3.05) is 32.7 Å². The number of hydrogen-bond donors (Lipinski definition) is 1. The zero-order chi connectivity index (χ0) is 17.2. The van der Waals surface area contributed by atoms with Crippen molar-refractivity contribution in [1.29, 1.82) is 0 Å². The number of piperidine rings is 2. The van der Waals surface area contributed by atoms with Crippen LogP contribution in [0.4, 0.5) is 0 Å². The molecule has 2 saturated heterocycles. The van der Waals surface area contributed by atoms with Gasteiger partial charge >= 0.3 is 0 Å². The highest BCUT2D eigenvalue weighted by atomic mass is 16.2. The highest BCUT2D eigenvalue weighted by Gasteiger charge is 2.36. The molecular weight excluding hydrogens is 302 g/mol. The lowest BCUT2D eigenvalue weighted by Crippen LogP contribution is -2.54. The van der Waals surface area contributed by atoms with Gasteiger partial charge in [-0.1, -0.05) is 6.42 Å². The third-order valence-corrected chi connectivity index (χ3v) is 6.01. The Hall–Kier alpha value is -1.10. The number of rotatable bonds is 5. The third-order valence-electron chi connectivity index (χ3n) is 6.01. The second kappa shape index (κ2) is 7.42. The van der Waals surface area contributed by atoms with Gasteiger partial charge in [0.05, 0.1) is 0 Å². The van der Waals surface area contributed by atoms with Gasteiger partial charge in [0.25, 0.3) is 0 Å². The Morgan fingerprint density at radius 2 is 1.54 bits per heavy atom. The van der Waals surface area contributed by atoms with Crippen molar-refractivity contribution < 1.29 is 9.59 Å². The average molecular weight is 335 g/mol. The molecule has 0 bridgehead atoms. The van der Waals surface area contributed by atoms with E-state index in [1.807, 2.05) is 4.90 Å². The summed E-state index contributed by atoms with van der Waals surface area (Å²) in [4.78, 5) is 29.1. The van der Waals surface area contributed by atoms with Crippen LogP contribution in [0.25, 0.3) is 0 Å². The zero-order valence-electron chi connectivity index (χ0n) is 15.4. The highest BCUT2D eigenvalue weighted by molar-refractivity contribution is 5.82. The summed E-state index contributed by atoms with van der Waals surface area (Å²) in [5.41, 5.74) is 0.0265. The van der Waals surface area contributed by atoms with Gasteiger partial charge in [0.2, 0.25) is 11.8 Å². The Morgan fingerprint density at radius 3 is 2.12 bits per heavy atom. The predicted molar refractivity (Wildman–Crippen MR) is 94.5 cm³/mol. The van der Waals surface area contributed by atoms with Crippen LogP contribution in [-0.4, -0.2) is 59.9 Å². The Balaban J connectivity index is 1.41. The number of likely N-dealkylation sites (tertiary alicyclic amines) is 2. The number of amides is 2. The van der Waals surface area contributed by atoms with Crippen molar-refractivity contribution in [2.45, 2.75) is 64.3 Å². The lowest BCUT2D eigenvalue weighted by atomic mass is 9.94. The van der Waals surface area contributed by atoms with E-state index in [1.54, 1.807) is 0 Å². The van der Waals surface area contributed by atoms with Crippen molar-refractivity contribution in [1.82, 2.24) is 15.1 Å². The molecule has 0 aromatic heterocycles. The Morgan fingerprint density at radius 1 is 0.917 bits per heavy atom. The molecule has 3 rings (SSSR count). The van der Waals surface area contributed by atoms with Gasteiger partial charge in [0, 0.05) is 37.0 Å². The van der Waals surface area contributed by atoms with Crippen molar-refractivity contribution in [2.24, 2.45) is 11.8 Å². The molecule has 136 valence electrons. The molecule has 1 N–H and O–H groups in total. The molecule has 0 atom stereocenters. The first kappa shape index (κ1) is 17.7. The summed E-state index contributed by atoms with van der Waals surface area (Å²) < 4.78 is 0. The molecule has 1 aliphatic carbocycles. The fraction of sp³-hybridized carbons (Fsp3) is 0.895. The number of nitrogens with one attached hydrogen (secondary N) is 1. The maximum atomic E-state index is 12.5. The number of nitrogens with zero attached hydrogens (tertiary/aromatic N) is 2. The molecule has 3 aliphatic rings. The normalized spacial score (nSPS) is 24.0. The average Bonchev–Trinajstić information content (AvgIpc) is 3.45. The van der Waals surface area contributed by atoms with Crippen molar-refractivity contribution >= 4 is 11.8 Å². The lowest BCUT2D eigenvalue weighted by Gasteiger charge is -2.41. The minimum Gasteiger partial charge on any atom is -0.354 e. The van der Waals surface area contributed by atoms with E-state index in [4.69, 9.17) is 0 Å².